The summed E-state index contributed by atoms with van der Waals surface area (Å²) in [7, 11) is 0. The van der Waals surface area contributed by atoms with Crippen LogP contribution >= 0.6 is 0 Å². The van der Waals surface area contributed by atoms with E-state index in [0.29, 0.717) is 27.8 Å². The summed E-state index contributed by atoms with van der Waals surface area (Å²) < 4.78 is 67.5. The number of fused-ring (bicyclic) bond motifs is 6. The molecule has 5 nitrogen and oxygen atoms in total. The second kappa shape index (κ2) is 13.0. The van der Waals surface area contributed by atoms with E-state index in [9.17, 15) is 4.11 Å². The maximum absolute atomic E-state index is 9.66. The molecule has 262 valence electrons. The van der Waals surface area contributed by atoms with E-state index < -0.39 is 0 Å². The first-order valence-electron chi connectivity index (χ1n) is 21.2. The molecule has 0 spiro atoms. The molecule has 0 radical (unpaired) electrons. The van der Waals surface area contributed by atoms with E-state index in [1.165, 1.54) is 0 Å². The average molecular weight is 724 g/mol. The molecule has 0 N–H and O–H groups in total. The summed E-state index contributed by atoms with van der Waals surface area (Å²) >= 11 is 0. The molecule has 0 bridgehead atoms. The van der Waals surface area contributed by atoms with Gasteiger partial charge >= 0.3 is 0 Å². The van der Waals surface area contributed by atoms with E-state index in [1.807, 2.05) is 121 Å². The zero-order valence-corrected chi connectivity index (χ0v) is 29.6. The van der Waals surface area contributed by atoms with E-state index in [1.54, 1.807) is 24.3 Å². The smallest absolute Gasteiger partial charge is 0.164 e. The third-order valence-corrected chi connectivity index (χ3v) is 10.0. The first-order valence-corrected chi connectivity index (χ1v) is 18.2. The van der Waals surface area contributed by atoms with E-state index >= 15 is 0 Å². The van der Waals surface area contributed by atoms with Crippen LogP contribution in [0.2, 0.25) is 0 Å². The van der Waals surface area contributed by atoms with Crippen molar-refractivity contribution in [2.24, 2.45) is 0 Å². The summed E-state index contributed by atoms with van der Waals surface area (Å²) in [4.78, 5) is 15.0. The van der Waals surface area contributed by atoms with Crippen molar-refractivity contribution in [1.82, 2.24) is 15.0 Å². The molecule has 0 atom stereocenters. The molecular weight excluding hydrogens is 687 g/mol. The van der Waals surface area contributed by atoms with Crippen LogP contribution in [0, 0.1) is 0 Å². The topological polar surface area (TPSA) is 65.0 Å². The van der Waals surface area contributed by atoms with Crippen molar-refractivity contribution in [2.45, 2.75) is 0 Å². The second-order valence-electron chi connectivity index (χ2n) is 13.5. The molecule has 11 aromatic rings. The lowest BCUT2D eigenvalue weighted by molar-refractivity contribution is 0.668. The molecule has 0 amide bonds. The van der Waals surface area contributed by atoms with Crippen LogP contribution < -0.4 is 0 Å². The summed E-state index contributed by atoms with van der Waals surface area (Å²) in [5.41, 5.74) is 7.28. The third-order valence-electron chi connectivity index (χ3n) is 10.0. The average Bonchev–Trinajstić information content (AvgIpc) is 3.90. The van der Waals surface area contributed by atoms with Crippen molar-refractivity contribution in [2.75, 3.05) is 0 Å². The molecule has 0 aliphatic heterocycles. The molecule has 11 rings (SSSR count). The number of rotatable bonds is 6. The van der Waals surface area contributed by atoms with Crippen molar-refractivity contribution in [3.05, 3.63) is 188 Å². The number of hydrogen-bond acceptors (Lipinski definition) is 5. The van der Waals surface area contributed by atoms with Crippen LogP contribution in [0.5, 0.6) is 0 Å². The Kier molecular flexibility index (Phi) is 6.10. The minimum atomic E-state index is -0.346. The monoisotopic (exact) mass is 723 g/mol. The number of para-hydroxylation sites is 1. The van der Waals surface area contributed by atoms with Crippen molar-refractivity contribution in [1.29, 1.82) is 0 Å². The Hall–Kier alpha value is -7.63. The molecule has 0 saturated carbocycles. The largest absolute Gasteiger partial charge is 0.456 e. The minimum Gasteiger partial charge on any atom is -0.456 e. The highest BCUT2D eigenvalue weighted by molar-refractivity contribution is 6.13. The van der Waals surface area contributed by atoms with Gasteiger partial charge in [-0.1, -0.05) is 127 Å². The first-order chi connectivity index (χ1) is 30.2. The van der Waals surface area contributed by atoms with Crippen LogP contribution in [0.1, 0.15) is 8.22 Å². The lowest BCUT2D eigenvalue weighted by atomic mass is 9.96. The number of furan rings is 2. The van der Waals surface area contributed by atoms with Gasteiger partial charge in [-0.3, -0.25) is 0 Å². The van der Waals surface area contributed by atoms with E-state index in [-0.39, 0.29) is 81.2 Å². The Balaban J connectivity index is 1.20. The molecule has 3 heterocycles. The normalized spacial score (nSPS) is 13.1. The molecule has 3 aromatic heterocycles. The predicted molar refractivity (Wildman–Crippen MR) is 227 cm³/mol. The van der Waals surface area contributed by atoms with Gasteiger partial charge in [-0.2, -0.15) is 0 Å². The fraction of sp³-hybridized carbons (Fsp3) is 0. The van der Waals surface area contributed by atoms with Gasteiger partial charge < -0.3 is 8.83 Å². The van der Waals surface area contributed by atoms with Crippen LogP contribution in [0.15, 0.2) is 197 Å². The number of aromatic nitrogens is 3. The first kappa shape index (κ1) is 26.2. The third kappa shape index (κ3) is 5.53. The minimum absolute atomic E-state index is 0.0175. The summed E-state index contributed by atoms with van der Waals surface area (Å²) in [6, 6.07) is 46.9. The van der Waals surface area contributed by atoms with Crippen molar-refractivity contribution < 1.29 is 17.1 Å². The van der Waals surface area contributed by atoms with Crippen molar-refractivity contribution in [3.8, 4) is 67.5 Å². The van der Waals surface area contributed by atoms with Gasteiger partial charge in [0.15, 0.2) is 17.5 Å². The van der Waals surface area contributed by atoms with Crippen LogP contribution in [0.4, 0.5) is 0 Å². The molecule has 0 saturated heterocycles. The van der Waals surface area contributed by atoms with Gasteiger partial charge in [-0.05, 0) is 94.0 Å². The Bertz CT molecular complexity index is 3540. The summed E-state index contributed by atoms with van der Waals surface area (Å²) in [6.07, 6.45) is 0. The highest BCUT2D eigenvalue weighted by atomic mass is 16.3. The SMILES string of the molecule is [2H]c1c([2H])c(-c2ccccc2)c2c(oc3c([2H])c(-c4nc(-c5cc(-c6ccccc6)cc(-c6ccccc6)c5)nc(-c5ccc6oc7ccccc7c6c5)n4)c([2H])c([2H])c32)c1[2H]. The predicted octanol–water partition coefficient (Wildman–Crippen LogP) is 13.7. The number of benzene rings is 8. The molecule has 0 fully saturated rings. The van der Waals surface area contributed by atoms with E-state index in [4.69, 9.17) is 27.9 Å². The Morgan fingerprint density at radius 2 is 0.929 bits per heavy atom. The quantitative estimate of drug-likeness (QED) is 0.171. The summed E-state index contributed by atoms with van der Waals surface area (Å²) in [5, 5.41) is 2.13. The highest BCUT2D eigenvalue weighted by Crippen LogP contribution is 2.39. The van der Waals surface area contributed by atoms with Gasteiger partial charge in [0.05, 0.1) is 8.22 Å². The number of nitrogens with zero attached hydrogens (tertiary/aromatic N) is 3. The Morgan fingerprint density at radius 3 is 1.64 bits per heavy atom. The summed E-state index contributed by atoms with van der Waals surface area (Å²) in [5.74, 6) is 0.539. The fourth-order valence-corrected chi connectivity index (χ4v) is 7.34. The van der Waals surface area contributed by atoms with Crippen molar-refractivity contribution in [3.63, 3.8) is 0 Å². The second-order valence-corrected chi connectivity index (χ2v) is 13.5. The molecule has 0 unspecified atom stereocenters. The molecule has 0 aliphatic rings. The Labute approximate surface area is 330 Å². The van der Waals surface area contributed by atoms with Gasteiger partial charge in [-0.15, -0.1) is 0 Å². The zero-order chi connectivity index (χ0) is 42.2. The maximum atomic E-state index is 9.66. The summed E-state index contributed by atoms with van der Waals surface area (Å²) in [6.45, 7) is 0. The van der Waals surface area contributed by atoms with Crippen molar-refractivity contribution >= 4 is 43.9 Å². The maximum Gasteiger partial charge on any atom is 0.164 e. The van der Waals surface area contributed by atoms with E-state index in [2.05, 4.69) is 6.07 Å². The van der Waals surface area contributed by atoms with E-state index in [0.717, 1.165) is 38.6 Å². The molecule has 56 heavy (non-hydrogen) atoms. The highest BCUT2D eigenvalue weighted by Gasteiger charge is 2.19. The zero-order valence-electron chi connectivity index (χ0n) is 35.6. The van der Waals surface area contributed by atoms with Gasteiger partial charge in [-0.25, -0.2) is 15.0 Å². The van der Waals surface area contributed by atoms with Gasteiger partial charge in [0.25, 0.3) is 0 Å². The van der Waals surface area contributed by atoms with Crippen LogP contribution in [-0.4, -0.2) is 15.0 Å². The van der Waals surface area contributed by atoms with Gasteiger partial charge in [0.2, 0.25) is 0 Å². The molecule has 5 heteroatoms. The van der Waals surface area contributed by atoms with Crippen LogP contribution in [0.25, 0.3) is 111 Å². The Morgan fingerprint density at radius 1 is 0.357 bits per heavy atom. The van der Waals surface area contributed by atoms with Crippen LogP contribution in [-0.2, 0) is 0 Å². The number of hydrogen-bond donors (Lipinski definition) is 0. The fourth-order valence-electron chi connectivity index (χ4n) is 7.34. The van der Waals surface area contributed by atoms with Crippen LogP contribution in [0.3, 0.4) is 0 Å². The molecule has 8 aromatic carbocycles. The van der Waals surface area contributed by atoms with Gasteiger partial charge in [0.1, 0.15) is 22.3 Å². The molecular formula is C51H31N3O2. The molecule has 0 aliphatic carbocycles. The standard InChI is InChI=1S/C51H31N3O2/c1-4-13-32(14-5-1)37-27-38(33-15-6-2-7-16-33)29-39(28-37)51-53-49(35-24-26-45-43(30-35)41-19-10-11-21-44(41)55-45)52-50(54-51)36-23-25-42-47(31-36)56-46-22-12-20-40(48(42)46)34-17-8-3-9-18-34/h1-31H/i12D,20D,22D,23D,25D,31D. The van der Waals surface area contributed by atoms with Gasteiger partial charge in [0, 0.05) is 38.2 Å². The lowest BCUT2D eigenvalue weighted by Gasteiger charge is -2.12. The lowest BCUT2D eigenvalue weighted by Crippen LogP contribution is -2.00.